The number of benzene rings is 4. The molecule has 4 aromatic carbocycles. The summed E-state index contributed by atoms with van der Waals surface area (Å²) in [5.74, 6) is 1.64. The second-order valence-corrected chi connectivity index (χ2v) is 9.16. The topological polar surface area (TPSA) is 34.0 Å². The molecule has 180 valence electrons. The first-order valence-electron chi connectivity index (χ1n) is 12.7. The lowest BCUT2D eigenvalue weighted by atomic mass is 10.1. The van der Waals surface area contributed by atoms with Crippen molar-refractivity contribution in [1.29, 1.82) is 0 Å². The Balaban J connectivity index is 1.36. The van der Waals surface area contributed by atoms with Gasteiger partial charge in [0.2, 0.25) is 0 Å². The van der Waals surface area contributed by atoms with Crippen LogP contribution in [0.25, 0.3) is 38.8 Å². The van der Waals surface area contributed by atoms with E-state index in [1.807, 2.05) is 48.7 Å². The van der Waals surface area contributed by atoms with Crippen molar-refractivity contribution >= 4 is 39.1 Å². The third kappa shape index (κ3) is 3.80. The minimum atomic E-state index is 0.815. The van der Waals surface area contributed by atoms with Crippen LogP contribution < -0.4 is 4.90 Å². The lowest BCUT2D eigenvalue weighted by Gasteiger charge is -2.23. The van der Waals surface area contributed by atoms with E-state index in [1.54, 1.807) is 0 Å². The van der Waals surface area contributed by atoms with Crippen LogP contribution in [0.2, 0.25) is 0 Å². The second kappa shape index (κ2) is 9.34. The molecule has 0 radical (unpaired) electrons. The van der Waals surface area contributed by atoms with E-state index in [4.69, 9.17) is 4.98 Å². The van der Waals surface area contributed by atoms with Crippen LogP contribution in [0.3, 0.4) is 0 Å². The number of aromatic nitrogens is 3. The molecule has 0 aliphatic carbocycles. The molecule has 0 fully saturated rings. The van der Waals surface area contributed by atoms with Gasteiger partial charge in [-0.2, -0.15) is 0 Å². The molecular weight excluding hydrogens is 464 g/mol. The van der Waals surface area contributed by atoms with Gasteiger partial charge in [-0.25, -0.2) is 9.97 Å². The van der Waals surface area contributed by atoms with Gasteiger partial charge in [0.15, 0.2) is 0 Å². The zero-order valence-electron chi connectivity index (χ0n) is 20.6. The molecule has 0 bridgehead atoms. The van der Waals surface area contributed by atoms with E-state index < -0.39 is 0 Å². The maximum atomic E-state index is 5.12. The van der Waals surface area contributed by atoms with Crippen molar-refractivity contribution in [3.05, 3.63) is 146 Å². The summed E-state index contributed by atoms with van der Waals surface area (Å²) in [6.45, 7) is 0. The molecule has 0 amide bonds. The molecule has 0 atom stereocenters. The summed E-state index contributed by atoms with van der Waals surface area (Å²) in [5.41, 5.74) is 6.46. The van der Waals surface area contributed by atoms with Crippen LogP contribution in [0.4, 0.5) is 17.3 Å². The highest BCUT2D eigenvalue weighted by atomic mass is 15.2. The third-order valence-corrected chi connectivity index (χ3v) is 6.84. The van der Waals surface area contributed by atoms with Gasteiger partial charge in [0.25, 0.3) is 0 Å². The van der Waals surface area contributed by atoms with Gasteiger partial charge >= 0.3 is 0 Å². The normalized spacial score (nSPS) is 11.2. The first kappa shape index (κ1) is 22.0. The number of pyridine rings is 2. The Bertz CT molecular complexity index is 1780. The maximum Gasteiger partial charge on any atom is 0.139 e. The van der Waals surface area contributed by atoms with Crippen LogP contribution in [0.1, 0.15) is 0 Å². The van der Waals surface area contributed by atoms with E-state index in [0.29, 0.717) is 0 Å². The quantitative estimate of drug-likeness (QED) is 0.243. The van der Waals surface area contributed by atoms with Crippen LogP contribution >= 0.6 is 0 Å². The third-order valence-electron chi connectivity index (χ3n) is 6.84. The molecule has 38 heavy (non-hydrogen) atoms. The van der Waals surface area contributed by atoms with E-state index in [9.17, 15) is 0 Å². The highest BCUT2D eigenvalue weighted by molar-refractivity contribution is 6.09. The van der Waals surface area contributed by atoms with Gasteiger partial charge in [-0.3, -0.25) is 4.90 Å². The summed E-state index contributed by atoms with van der Waals surface area (Å²) < 4.78 is 2.34. The summed E-state index contributed by atoms with van der Waals surface area (Å²) in [7, 11) is 0. The van der Waals surface area contributed by atoms with E-state index in [1.165, 1.54) is 21.8 Å². The van der Waals surface area contributed by atoms with Crippen molar-refractivity contribution in [1.82, 2.24) is 14.5 Å². The average molecular weight is 489 g/mol. The molecule has 7 aromatic rings. The molecule has 0 saturated heterocycles. The average Bonchev–Trinajstić information content (AvgIpc) is 3.33. The fraction of sp³-hybridized carbons (Fsp3) is 0. The number of anilines is 3. The summed E-state index contributed by atoms with van der Waals surface area (Å²) in [6.07, 6.45) is 1.81. The molecule has 7 rings (SSSR count). The number of para-hydroxylation sites is 3. The minimum Gasteiger partial charge on any atom is -0.309 e. The molecule has 4 nitrogen and oxygen atoms in total. The summed E-state index contributed by atoms with van der Waals surface area (Å²) >= 11 is 0. The Labute approximate surface area is 221 Å². The first-order valence-corrected chi connectivity index (χ1v) is 12.7. The van der Waals surface area contributed by atoms with Crippen molar-refractivity contribution in [3.63, 3.8) is 0 Å². The largest absolute Gasteiger partial charge is 0.309 e. The van der Waals surface area contributed by atoms with Crippen molar-refractivity contribution in [2.45, 2.75) is 0 Å². The van der Waals surface area contributed by atoms with E-state index >= 15 is 0 Å². The molecular formula is C34H24N4. The molecule has 0 N–H and O–H groups in total. The molecule has 0 saturated carbocycles. The number of fused-ring (bicyclic) bond motifs is 3. The van der Waals surface area contributed by atoms with Crippen LogP contribution in [-0.4, -0.2) is 14.5 Å². The standard InChI is InChI=1S/C34H24N4/c1-2-13-26(14-3-1)38(33-21-8-9-23-35-33)34-22-11-18-30(36-34)25-12-10-15-27(24-25)37-31-19-6-4-16-28(31)29-17-5-7-20-32(29)37/h1-24H. The minimum absolute atomic E-state index is 0.815. The SMILES string of the molecule is c1ccc(N(c2ccccn2)c2cccc(-c3cccc(-n4c5ccccc5c5ccccc54)c3)n2)cc1. The summed E-state index contributed by atoms with van der Waals surface area (Å²) in [5, 5.41) is 2.50. The number of hydrogen-bond acceptors (Lipinski definition) is 3. The van der Waals surface area contributed by atoms with Gasteiger partial charge in [-0.15, -0.1) is 0 Å². The number of rotatable bonds is 5. The van der Waals surface area contributed by atoms with Gasteiger partial charge in [0.05, 0.1) is 16.7 Å². The predicted molar refractivity (Wildman–Crippen MR) is 156 cm³/mol. The van der Waals surface area contributed by atoms with Crippen molar-refractivity contribution in [2.24, 2.45) is 0 Å². The zero-order chi connectivity index (χ0) is 25.3. The molecule has 0 aliphatic rings. The van der Waals surface area contributed by atoms with Gasteiger partial charge < -0.3 is 4.57 Å². The smallest absolute Gasteiger partial charge is 0.139 e. The van der Waals surface area contributed by atoms with Crippen molar-refractivity contribution < 1.29 is 0 Å². The molecule has 0 unspecified atom stereocenters. The molecule has 3 aromatic heterocycles. The summed E-state index contributed by atoms with van der Waals surface area (Å²) in [4.78, 5) is 11.8. The fourth-order valence-corrected chi connectivity index (χ4v) is 5.16. The highest BCUT2D eigenvalue weighted by Gasteiger charge is 2.16. The van der Waals surface area contributed by atoms with Gasteiger partial charge in [0, 0.05) is 33.9 Å². The van der Waals surface area contributed by atoms with Gasteiger partial charge in [-0.05, 0) is 60.7 Å². The van der Waals surface area contributed by atoms with Crippen molar-refractivity contribution in [2.75, 3.05) is 4.90 Å². The number of hydrogen-bond donors (Lipinski definition) is 0. The Morgan fingerprint density at radius 3 is 1.92 bits per heavy atom. The fourth-order valence-electron chi connectivity index (χ4n) is 5.16. The maximum absolute atomic E-state index is 5.12. The van der Waals surface area contributed by atoms with Crippen molar-refractivity contribution in [3.8, 4) is 16.9 Å². The van der Waals surface area contributed by atoms with Crippen LogP contribution in [0, 0.1) is 0 Å². The zero-order valence-corrected chi connectivity index (χ0v) is 20.6. The molecule has 0 aliphatic heterocycles. The van der Waals surface area contributed by atoms with Crippen LogP contribution in [-0.2, 0) is 0 Å². The van der Waals surface area contributed by atoms with E-state index in [0.717, 1.165) is 34.3 Å². The Morgan fingerprint density at radius 1 is 0.526 bits per heavy atom. The summed E-state index contributed by atoms with van der Waals surface area (Å²) in [6, 6.07) is 48.1. The molecule has 0 spiro atoms. The first-order chi connectivity index (χ1) is 18.9. The Hall–Kier alpha value is -5.22. The highest BCUT2D eigenvalue weighted by Crippen LogP contribution is 2.35. The lowest BCUT2D eigenvalue weighted by molar-refractivity contribution is 1.13. The Morgan fingerprint density at radius 2 is 1.18 bits per heavy atom. The molecule has 4 heteroatoms. The second-order valence-electron chi connectivity index (χ2n) is 9.16. The number of nitrogens with zero attached hydrogens (tertiary/aromatic N) is 4. The molecule has 3 heterocycles. The van der Waals surface area contributed by atoms with Crippen LogP contribution in [0.15, 0.2) is 146 Å². The van der Waals surface area contributed by atoms with E-state index in [2.05, 4.69) is 112 Å². The van der Waals surface area contributed by atoms with Crippen LogP contribution in [0.5, 0.6) is 0 Å². The lowest BCUT2D eigenvalue weighted by Crippen LogP contribution is -2.13. The monoisotopic (exact) mass is 488 g/mol. The predicted octanol–water partition coefficient (Wildman–Crippen LogP) is 8.71. The van der Waals surface area contributed by atoms with Gasteiger partial charge in [0.1, 0.15) is 11.6 Å². The van der Waals surface area contributed by atoms with E-state index in [-0.39, 0.29) is 0 Å². The van der Waals surface area contributed by atoms with Gasteiger partial charge in [-0.1, -0.05) is 78.9 Å². The Kier molecular flexibility index (Phi) is 5.41.